The Bertz CT molecular complexity index is 3060. The summed E-state index contributed by atoms with van der Waals surface area (Å²) < 4.78 is 110. The van der Waals surface area contributed by atoms with Gasteiger partial charge >= 0.3 is 12.4 Å². The van der Waals surface area contributed by atoms with Crippen molar-refractivity contribution >= 4 is 50.3 Å². The Morgan fingerprint density at radius 2 is 1.43 bits per heavy atom. The minimum atomic E-state index is -5.14. The first-order chi connectivity index (χ1) is 40.1. The van der Waals surface area contributed by atoms with E-state index in [2.05, 4.69) is 33.7 Å². The predicted molar refractivity (Wildman–Crippen MR) is 307 cm³/mol. The Labute approximate surface area is 490 Å². The Kier molecular flexibility index (Phi) is 20.0. The van der Waals surface area contributed by atoms with Crippen molar-refractivity contribution in [3.05, 3.63) is 136 Å². The van der Waals surface area contributed by atoms with Gasteiger partial charge in [0.15, 0.2) is 5.13 Å². The monoisotopic (exact) mass is 1190 g/mol. The number of likely N-dealkylation sites (tertiary alicyclic amines) is 2. The standard InChI is InChI=1S/C62H74F7N8O6S/c1-72(26-12-27-74(3)56(80)44-16-21-51-52(37-44)84-58(71-51)70-25-9-4-6-15-54(78)73(2)33-34-75-28-10-5-11-29-75)55(79)40-82-53-38-43-13-7-8-14-50(43)59(53)22-30-76(31-23-59)32-24-60(46-17-19-49(63)20-18-46)41-77(42-83-60)57(81)45-35-47(61(64,65)66)39-48(36-45)62(67,68)69/h5,7-8,13-14,16-21,35-37,39,53H,4,6,9-12,15,22-34,38,40-42H2,1-3H3,(H,70,71)/t53-,60+/m0/s1. The molecular weight excluding hydrogens is 1120 g/mol. The van der Waals surface area contributed by atoms with Gasteiger partial charge in [-0.15, -0.1) is 0 Å². The van der Waals surface area contributed by atoms with Gasteiger partial charge in [0.25, 0.3) is 11.8 Å². The van der Waals surface area contributed by atoms with E-state index >= 15 is 0 Å². The summed E-state index contributed by atoms with van der Waals surface area (Å²) in [5.41, 5.74) is -1.49. The van der Waals surface area contributed by atoms with E-state index in [1.807, 2.05) is 36.2 Å². The average molecular weight is 1190 g/mol. The third-order valence-electron chi connectivity index (χ3n) is 17.2. The number of piperidine rings is 2. The summed E-state index contributed by atoms with van der Waals surface area (Å²) in [4.78, 5) is 69.2. The van der Waals surface area contributed by atoms with E-state index in [0.29, 0.717) is 88.1 Å². The van der Waals surface area contributed by atoms with Crippen molar-refractivity contribution in [3.63, 3.8) is 0 Å². The summed E-state index contributed by atoms with van der Waals surface area (Å²) in [6.07, 6.45) is -0.00695. The number of hydrogen-bond donors (Lipinski definition) is 1. The molecule has 4 aromatic carbocycles. The number of aromatic nitrogens is 1. The van der Waals surface area contributed by atoms with Crippen LogP contribution in [0.4, 0.5) is 35.9 Å². The van der Waals surface area contributed by atoms with E-state index in [-0.39, 0.29) is 49.5 Å². The first-order valence-corrected chi connectivity index (χ1v) is 29.8. The number of benzene rings is 4. The van der Waals surface area contributed by atoms with Crippen molar-refractivity contribution in [1.29, 1.82) is 0 Å². The third kappa shape index (κ3) is 15.1. The highest BCUT2D eigenvalue weighted by atomic mass is 32.1. The third-order valence-corrected chi connectivity index (χ3v) is 18.2. The lowest BCUT2D eigenvalue weighted by molar-refractivity contribution is -0.143. The normalized spacial score (nSPS) is 19.2. The number of rotatable bonds is 23. The topological polar surface area (TPSA) is 131 Å². The molecule has 1 aliphatic carbocycles. The molecule has 3 fully saturated rings. The van der Waals surface area contributed by atoms with Crippen LogP contribution in [0, 0.1) is 12.2 Å². The number of amides is 4. The second-order valence-corrected chi connectivity index (χ2v) is 23.9. The van der Waals surface area contributed by atoms with E-state index in [1.54, 1.807) is 30.0 Å². The van der Waals surface area contributed by atoms with Crippen molar-refractivity contribution < 1.29 is 59.4 Å². The van der Waals surface area contributed by atoms with Crippen molar-refractivity contribution in [1.82, 2.24) is 34.4 Å². The highest BCUT2D eigenvalue weighted by molar-refractivity contribution is 7.22. The molecule has 1 spiro atoms. The number of thiazole rings is 1. The summed E-state index contributed by atoms with van der Waals surface area (Å²) in [5.74, 6) is -1.73. The van der Waals surface area contributed by atoms with Crippen LogP contribution >= 0.6 is 11.3 Å². The number of hydrogen-bond acceptors (Lipinski definition) is 11. The Morgan fingerprint density at radius 1 is 0.750 bits per heavy atom. The number of anilines is 1. The van der Waals surface area contributed by atoms with E-state index in [4.69, 9.17) is 14.5 Å². The number of nitrogens with one attached hydrogen (secondary N) is 1. The van der Waals surface area contributed by atoms with Gasteiger partial charge in [0, 0.05) is 83.4 Å². The molecule has 1 aromatic heterocycles. The fourth-order valence-electron chi connectivity index (χ4n) is 12.1. The van der Waals surface area contributed by atoms with Gasteiger partial charge in [-0.3, -0.25) is 19.2 Å². The van der Waals surface area contributed by atoms with E-state index in [9.17, 15) is 49.9 Å². The van der Waals surface area contributed by atoms with E-state index in [1.165, 1.54) is 41.2 Å². The molecule has 5 aromatic rings. The van der Waals surface area contributed by atoms with Crippen LogP contribution in [0.5, 0.6) is 0 Å². The Balaban J connectivity index is 0.724. The SMILES string of the molecule is CN(CCN1CC[CH]CC1)C(=O)CCCCCNc1nc2ccc(C(=O)N(C)CCCN(C)C(=O)CO[C@H]3Cc4ccccc4C34CCN(CC[C@]3(c5ccc(F)cc5)CN(C(=O)c5cc(C(F)(F)F)cc(C(F)(F)F)c5)CO3)CC4)cc2s1. The Morgan fingerprint density at radius 3 is 2.14 bits per heavy atom. The van der Waals surface area contributed by atoms with Crippen LogP contribution < -0.4 is 5.32 Å². The van der Waals surface area contributed by atoms with Gasteiger partial charge in [-0.2, -0.15) is 26.3 Å². The molecule has 2 atom stereocenters. The molecule has 22 heteroatoms. The number of nitrogens with zero attached hydrogens (tertiary/aromatic N) is 7. The second kappa shape index (κ2) is 27.0. The van der Waals surface area contributed by atoms with Crippen molar-refractivity contribution in [2.24, 2.45) is 0 Å². The molecule has 84 heavy (non-hydrogen) atoms. The molecule has 4 amide bonds. The summed E-state index contributed by atoms with van der Waals surface area (Å²) in [6, 6.07) is 19.9. The van der Waals surface area contributed by atoms with Gasteiger partial charge in [0.2, 0.25) is 11.8 Å². The van der Waals surface area contributed by atoms with E-state index < -0.39 is 58.5 Å². The smallest absolute Gasteiger partial charge is 0.367 e. The molecule has 1 radical (unpaired) electrons. The van der Waals surface area contributed by atoms with Crippen LogP contribution in [0.3, 0.4) is 0 Å². The Hall–Kier alpha value is -6.20. The first kappa shape index (κ1) is 62.3. The number of halogens is 7. The van der Waals surface area contributed by atoms with Gasteiger partial charge in [0.1, 0.15) is 24.8 Å². The van der Waals surface area contributed by atoms with Crippen molar-refractivity contribution in [2.45, 2.75) is 100 Å². The fourth-order valence-corrected chi connectivity index (χ4v) is 13.0. The van der Waals surface area contributed by atoms with Crippen LogP contribution in [-0.4, -0.2) is 171 Å². The number of alkyl halides is 6. The molecule has 4 aliphatic rings. The molecule has 3 saturated heterocycles. The van der Waals surface area contributed by atoms with Gasteiger partial charge < -0.3 is 44.2 Å². The van der Waals surface area contributed by atoms with Crippen molar-refractivity contribution in [2.75, 3.05) is 112 Å². The number of likely N-dealkylation sites (N-methyl/N-ethyl adjacent to an activating group) is 2. The van der Waals surface area contributed by atoms with Crippen LogP contribution in [0.2, 0.25) is 0 Å². The lowest BCUT2D eigenvalue weighted by Gasteiger charge is -2.44. The zero-order valence-corrected chi connectivity index (χ0v) is 48.7. The molecule has 453 valence electrons. The number of carbonyl (C=O) groups is 4. The van der Waals surface area contributed by atoms with Crippen LogP contribution in [0.15, 0.2) is 84.9 Å². The molecule has 0 unspecified atom stereocenters. The number of carbonyl (C=O) groups excluding carboxylic acids is 4. The van der Waals surface area contributed by atoms with Crippen LogP contribution in [0.1, 0.15) is 113 Å². The number of ether oxygens (including phenoxy) is 2. The lowest BCUT2D eigenvalue weighted by Crippen LogP contribution is -2.50. The van der Waals surface area contributed by atoms with Gasteiger partial charge in [-0.25, -0.2) is 9.37 Å². The quantitative estimate of drug-likeness (QED) is 0.0498. The molecule has 4 heterocycles. The van der Waals surface area contributed by atoms with Crippen LogP contribution in [0.25, 0.3) is 10.2 Å². The minimum Gasteiger partial charge on any atom is -0.367 e. The molecule has 0 bridgehead atoms. The van der Waals surface area contributed by atoms with Crippen molar-refractivity contribution in [3.8, 4) is 0 Å². The summed E-state index contributed by atoms with van der Waals surface area (Å²) in [7, 11) is 5.37. The summed E-state index contributed by atoms with van der Waals surface area (Å²) >= 11 is 1.50. The zero-order chi connectivity index (χ0) is 59.8. The highest BCUT2D eigenvalue weighted by Gasteiger charge is 2.50. The molecule has 14 nitrogen and oxygen atoms in total. The van der Waals surface area contributed by atoms with Gasteiger partial charge in [0.05, 0.1) is 34.0 Å². The zero-order valence-electron chi connectivity index (χ0n) is 47.8. The van der Waals surface area contributed by atoms with Gasteiger partial charge in [-0.05, 0) is 156 Å². The van der Waals surface area contributed by atoms with Crippen LogP contribution in [-0.2, 0) is 48.9 Å². The lowest BCUT2D eigenvalue weighted by atomic mass is 9.72. The fraction of sp³-hybridized carbons (Fsp3) is 0.516. The largest absolute Gasteiger partial charge is 0.416 e. The summed E-state index contributed by atoms with van der Waals surface area (Å²) in [6.45, 7) is 6.27. The molecule has 1 N–H and O–H groups in total. The van der Waals surface area contributed by atoms with Gasteiger partial charge in [-0.1, -0.05) is 54.2 Å². The predicted octanol–water partition coefficient (Wildman–Crippen LogP) is 10.5. The number of unbranched alkanes of at least 4 members (excludes halogenated alkanes) is 2. The maximum atomic E-state index is 14.2. The average Bonchev–Trinajstić information content (AvgIpc) is 2.54. The maximum absolute atomic E-state index is 14.2. The highest BCUT2D eigenvalue weighted by Crippen LogP contribution is 2.48. The number of fused-ring (bicyclic) bond motifs is 3. The van der Waals surface area contributed by atoms with E-state index in [0.717, 1.165) is 90.6 Å². The first-order valence-electron chi connectivity index (χ1n) is 28.9. The second-order valence-electron chi connectivity index (χ2n) is 22.8. The molecule has 3 aliphatic heterocycles. The maximum Gasteiger partial charge on any atom is 0.416 e. The minimum absolute atomic E-state index is 0.0261. The molecular formula is C62H74F7N8O6S. The summed E-state index contributed by atoms with van der Waals surface area (Å²) in [5, 5.41) is 4.19. The molecule has 9 rings (SSSR count). The molecule has 0 saturated carbocycles.